The van der Waals surface area contributed by atoms with Crippen LogP contribution in [-0.4, -0.2) is 39.1 Å². The third kappa shape index (κ3) is 4.74. The lowest BCUT2D eigenvalue weighted by Crippen LogP contribution is -2.44. The van der Waals surface area contributed by atoms with Crippen molar-refractivity contribution in [3.05, 3.63) is 70.1 Å². The summed E-state index contributed by atoms with van der Waals surface area (Å²) in [5.74, 6) is 0.0255. The molecule has 1 N–H and O–H groups in total. The lowest BCUT2D eigenvalue weighted by molar-refractivity contribution is -0.122. The molecule has 4 rings (SSSR count). The predicted molar refractivity (Wildman–Crippen MR) is 124 cm³/mol. The molecule has 0 spiro atoms. The van der Waals surface area contributed by atoms with Crippen molar-refractivity contribution < 1.29 is 4.79 Å². The van der Waals surface area contributed by atoms with Crippen LogP contribution in [0.4, 0.5) is 0 Å². The Morgan fingerprint density at radius 1 is 1.00 bits per heavy atom. The number of aryl methyl sites for hydroxylation is 3. The number of piperidine rings is 1. The molecule has 1 fully saturated rings. The van der Waals surface area contributed by atoms with Gasteiger partial charge in [0.05, 0.1) is 11.0 Å². The number of nitrogens with zero attached hydrogens (tertiary/aromatic N) is 3. The Balaban J connectivity index is 1.29. The van der Waals surface area contributed by atoms with E-state index in [2.05, 4.69) is 41.4 Å². The summed E-state index contributed by atoms with van der Waals surface area (Å²) >= 11 is 0. The van der Waals surface area contributed by atoms with Crippen molar-refractivity contribution in [2.75, 3.05) is 13.1 Å². The first-order chi connectivity index (χ1) is 15.1. The summed E-state index contributed by atoms with van der Waals surface area (Å²) in [6, 6.07) is 16.5. The van der Waals surface area contributed by atoms with Gasteiger partial charge in [-0.25, -0.2) is 4.79 Å². The molecule has 6 nitrogen and oxygen atoms in total. The van der Waals surface area contributed by atoms with E-state index in [1.807, 2.05) is 31.2 Å². The first kappa shape index (κ1) is 21.4. The standard InChI is InChI=1S/C25H32N4O2/c1-3-28-22-10-6-7-11-23(22)29(25(28)31)17-14-24(30)26-21-12-15-27(16-13-21)18-20-9-5-4-8-19(20)2/h4-11,21H,3,12-18H2,1-2H3,(H,26,30). The monoisotopic (exact) mass is 420 g/mol. The van der Waals surface area contributed by atoms with Gasteiger partial charge in [-0.3, -0.25) is 18.8 Å². The molecule has 164 valence electrons. The Morgan fingerprint density at radius 2 is 1.65 bits per heavy atom. The molecule has 0 bridgehead atoms. The van der Waals surface area contributed by atoms with Crippen LogP contribution in [0.3, 0.4) is 0 Å². The number of nitrogens with one attached hydrogen (secondary N) is 1. The van der Waals surface area contributed by atoms with Crippen molar-refractivity contribution in [1.82, 2.24) is 19.4 Å². The predicted octanol–water partition coefficient (Wildman–Crippen LogP) is 3.30. The second kappa shape index (κ2) is 9.52. The van der Waals surface area contributed by atoms with Gasteiger partial charge in [-0.15, -0.1) is 0 Å². The summed E-state index contributed by atoms with van der Waals surface area (Å²) < 4.78 is 3.49. The third-order valence-electron chi connectivity index (χ3n) is 6.41. The number of hydrogen-bond donors (Lipinski definition) is 1. The van der Waals surface area contributed by atoms with Crippen LogP contribution in [-0.2, 0) is 24.4 Å². The number of aromatic nitrogens is 2. The van der Waals surface area contributed by atoms with E-state index in [-0.39, 0.29) is 17.6 Å². The molecule has 2 heterocycles. The Hall–Kier alpha value is -2.86. The lowest BCUT2D eigenvalue weighted by Gasteiger charge is -2.32. The normalized spacial score (nSPS) is 15.4. The largest absolute Gasteiger partial charge is 0.353 e. The van der Waals surface area contributed by atoms with Gasteiger partial charge in [0, 0.05) is 45.2 Å². The molecule has 1 saturated heterocycles. The first-order valence-electron chi connectivity index (χ1n) is 11.3. The second-order valence-electron chi connectivity index (χ2n) is 8.46. The van der Waals surface area contributed by atoms with Gasteiger partial charge in [0.15, 0.2) is 0 Å². The molecule has 0 aliphatic carbocycles. The zero-order chi connectivity index (χ0) is 21.8. The molecule has 1 aliphatic heterocycles. The quantitative estimate of drug-likeness (QED) is 0.638. The molecule has 0 unspecified atom stereocenters. The minimum atomic E-state index is -0.0407. The molecule has 0 atom stereocenters. The number of hydrogen-bond acceptors (Lipinski definition) is 3. The fraction of sp³-hybridized carbons (Fsp3) is 0.440. The van der Waals surface area contributed by atoms with E-state index in [4.69, 9.17) is 0 Å². The van der Waals surface area contributed by atoms with Gasteiger partial charge in [-0.05, 0) is 49.9 Å². The second-order valence-corrected chi connectivity index (χ2v) is 8.46. The summed E-state index contributed by atoms with van der Waals surface area (Å²) in [6.07, 6.45) is 2.25. The van der Waals surface area contributed by atoms with Crippen LogP contribution in [0.1, 0.15) is 37.3 Å². The minimum Gasteiger partial charge on any atom is -0.353 e. The van der Waals surface area contributed by atoms with E-state index in [0.29, 0.717) is 19.5 Å². The average Bonchev–Trinajstić information content (AvgIpc) is 3.05. The Morgan fingerprint density at radius 3 is 2.32 bits per heavy atom. The number of imidazole rings is 1. The topological polar surface area (TPSA) is 59.3 Å². The Kier molecular flexibility index (Phi) is 6.56. The van der Waals surface area contributed by atoms with Crippen molar-refractivity contribution in [3.63, 3.8) is 0 Å². The molecule has 1 aromatic heterocycles. The van der Waals surface area contributed by atoms with E-state index >= 15 is 0 Å². The fourth-order valence-electron chi connectivity index (χ4n) is 4.57. The van der Waals surface area contributed by atoms with E-state index in [0.717, 1.165) is 43.5 Å². The van der Waals surface area contributed by atoms with Crippen molar-refractivity contribution in [2.45, 2.75) is 58.8 Å². The van der Waals surface area contributed by atoms with Crippen molar-refractivity contribution in [2.24, 2.45) is 0 Å². The number of benzene rings is 2. The maximum absolute atomic E-state index is 12.7. The maximum atomic E-state index is 12.7. The number of rotatable bonds is 7. The summed E-state index contributed by atoms with van der Waals surface area (Å²) in [4.78, 5) is 27.8. The molecule has 0 radical (unpaired) electrons. The molecule has 31 heavy (non-hydrogen) atoms. The summed E-state index contributed by atoms with van der Waals surface area (Å²) in [6.45, 7) is 8.11. The summed E-state index contributed by atoms with van der Waals surface area (Å²) in [5, 5.41) is 3.19. The molecule has 1 aliphatic rings. The zero-order valence-electron chi connectivity index (χ0n) is 18.5. The van der Waals surface area contributed by atoms with Crippen LogP contribution < -0.4 is 11.0 Å². The van der Waals surface area contributed by atoms with Gasteiger partial charge in [-0.2, -0.15) is 0 Å². The third-order valence-corrected chi connectivity index (χ3v) is 6.41. The van der Waals surface area contributed by atoms with Crippen LogP contribution in [0.25, 0.3) is 11.0 Å². The van der Waals surface area contributed by atoms with E-state index < -0.39 is 0 Å². The van der Waals surface area contributed by atoms with Crippen molar-refractivity contribution in [1.29, 1.82) is 0 Å². The number of carbonyl (C=O) groups is 1. The van der Waals surface area contributed by atoms with Gasteiger partial charge >= 0.3 is 5.69 Å². The number of carbonyl (C=O) groups excluding carboxylic acids is 1. The van der Waals surface area contributed by atoms with Gasteiger partial charge < -0.3 is 5.32 Å². The summed E-state index contributed by atoms with van der Waals surface area (Å²) in [7, 11) is 0. The number of para-hydroxylation sites is 2. The number of fused-ring (bicyclic) bond motifs is 1. The van der Waals surface area contributed by atoms with Gasteiger partial charge in [0.25, 0.3) is 0 Å². The van der Waals surface area contributed by atoms with Gasteiger partial charge in [0.2, 0.25) is 5.91 Å². The van der Waals surface area contributed by atoms with Crippen LogP contribution in [0.15, 0.2) is 53.3 Å². The molecule has 0 saturated carbocycles. The van der Waals surface area contributed by atoms with Crippen molar-refractivity contribution >= 4 is 16.9 Å². The highest BCUT2D eigenvalue weighted by Crippen LogP contribution is 2.17. The lowest BCUT2D eigenvalue weighted by atomic mass is 10.0. The highest BCUT2D eigenvalue weighted by atomic mass is 16.2. The average molecular weight is 421 g/mol. The molecular weight excluding hydrogens is 388 g/mol. The van der Waals surface area contributed by atoms with E-state index in [1.165, 1.54) is 11.1 Å². The smallest absolute Gasteiger partial charge is 0.329 e. The van der Waals surface area contributed by atoms with E-state index in [1.54, 1.807) is 9.13 Å². The minimum absolute atomic E-state index is 0.0255. The van der Waals surface area contributed by atoms with Crippen LogP contribution >= 0.6 is 0 Å². The number of amides is 1. The van der Waals surface area contributed by atoms with Gasteiger partial charge in [0.1, 0.15) is 0 Å². The molecular formula is C25H32N4O2. The fourth-order valence-corrected chi connectivity index (χ4v) is 4.57. The molecule has 3 aromatic rings. The maximum Gasteiger partial charge on any atom is 0.329 e. The van der Waals surface area contributed by atoms with Crippen LogP contribution in [0, 0.1) is 6.92 Å². The summed E-state index contributed by atoms with van der Waals surface area (Å²) in [5.41, 5.74) is 4.49. The highest BCUT2D eigenvalue weighted by molar-refractivity contribution is 5.78. The Bertz CT molecular complexity index is 1110. The van der Waals surface area contributed by atoms with Crippen LogP contribution in [0.2, 0.25) is 0 Å². The SMILES string of the molecule is CCn1c(=O)n(CCC(=O)NC2CCN(Cc3ccccc3C)CC2)c2ccccc21. The van der Waals surface area contributed by atoms with Crippen molar-refractivity contribution in [3.8, 4) is 0 Å². The molecule has 2 aromatic carbocycles. The van der Waals surface area contributed by atoms with E-state index in [9.17, 15) is 9.59 Å². The molecule has 6 heteroatoms. The Labute approximate surface area is 183 Å². The van der Waals surface area contributed by atoms with Gasteiger partial charge in [-0.1, -0.05) is 36.4 Å². The van der Waals surface area contributed by atoms with Crippen LogP contribution in [0.5, 0.6) is 0 Å². The number of likely N-dealkylation sites (tertiary alicyclic amines) is 1. The first-order valence-corrected chi connectivity index (χ1v) is 11.3. The zero-order valence-corrected chi connectivity index (χ0v) is 18.5. The molecule has 1 amide bonds. The highest BCUT2D eigenvalue weighted by Gasteiger charge is 2.21.